The molecule has 2 nitrogen and oxygen atoms in total. The summed E-state index contributed by atoms with van der Waals surface area (Å²) >= 11 is 0. The number of aryl methyl sites for hydroxylation is 1. The minimum atomic E-state index is -0.801. The summed E-state index contributed by atoms with van der Waals surface area (Å²) in [6.45, 7) is 5.49. The number of benzene rings is 1. The molecule has 1 saturated heterocycles. The molecule has 21 heavy (non-hydrogen) atoms. The Balaban J connectivity index is 1.88. The molecule has 0 unspecified atom stereocenters. The SMILES string of the molecule is CC(C)C(=O)N1CCC[C@H](CCc2ccc(F)c(F)c2)C1. The minimum absolute atomic E-state index is 0.0370. The summed E-state index contributed by atoms with van der Waals surface area (Å²) in [6.07, 6.45) is 3.77. The van der Waals surface area contributed by atoms with Crippen molar-refractivity contribution in [2.45, 2.75) is 39.5 Å². The molecule has 0 saturated carbocycles. The van der Waals surface area contributed by atoms with Crippen LogP contribution in [0.25, 0.3) is 0 Å². The van der Waals surface area contributed by atoms with Crippen LogP contribution in [0.5, 0.6) is 0 Å². The van der Waals surface area contributed by atoms with Crippen LogP contribution in [0.2, 0.25) is 0 Å². The molecule has 0 aliphatic carbocycles. The normalized spacial score (nSPS) is 19.1. The molecular formula is C17H23F2NO. The van der Waals surface area contributed by atoms with Gasteiger partial charge in [-0.3, -0.25) is 4.79 Å². The zero-order valence-electron chi connectivity index (χ0n) is 12.7. The maximum Gasteiger partial charge on any atom is 0.225 e. The zero-order chi connectivity index (χ0) is 15.4. The molecular weight excluding hydrogens is 272 g/mol. The van der Waals surface area contributed by atoms with E-state index < -0.39 is 11.6 Å². The van der Waals surface area contributed by atoms with E-state index >= 15 is 0 Å². The Morgan fingerprint density at radius 3 is 2.76 bits per heavy atom. The van der Waals surface area contributed by atoms with E-state index in [1.807, 2.05) is 18.7 Å². The van der Waals surface area contributed by atoms with E-state index in [2.05, 4.69) is 0 Å². The van der Waals surface area contributed by atoms with Crippen LogP contribution in [0.1, 0.15) is 38.7 Å². The van der Waals surface area contributed by atoms with Gasteiger partial charge in [-0.2, -0.15) is 0 Å². The van der Waals surface area contributed by atoms with Crippen molar-refractivity contribution in [1.29, 1.82) is 0 Å². The van der Waals surface area contributed by atoms with Gasteiger partial charge in [-0.15, -0.1) is 0 Å². The topological polar surface area (TPSA) is 20.3 Å². The van der Waals surface area contributed by atoms with Gasteiger partial charge in [-0.05, 0) is 49.3 Å². The fraction of sp³-hybridized carbons (Fsp3) is 0.588. The molecule has 0 bridgehead atoms. The number of rotatable bonds is 4. The predicted octanol–water partition coefficient (Wildman–Crippen LogP) is 3.79. The van der Waals surface area contributed by atoms with Gasteiger partial charge in [-0.1, -0.05) is 19.9 Å². The van der Waals surface area contributed by atoms with Gasteiger partial charge in [0.1, 0.15) is 0 Å². The van der Waals surface area contributed by atoms with Crippen molar-refractivity contribution in [2.24, 2.45) is 11.8 Å². The number of amides is 1. The fourth-order valence-electron chi connectivity index (χ4n) is 2.93. The van der Waals surface area contributed by atoms with Crippen LogP contribution in [0.4, 0.5) is 8.78 Å². The van der Waals surface area contributed by atoms with E-state index in [9.17, 15) is 13.6 Å². The van der Waals surface area contributed by atoms with E-state index in [0.717, 1.165) is 44.3 Å². The second-order valence-electron chi connectivity index (χ2n) is 6.23. The van der Waals surface area contributed by atoms with Crippen LogP contribution in [0.15, 0.2) is 18.2 Å². The number of piperidine rings is 1. The van der Waals surface area contributed by atoms with Crippen molar-refractivity contribution in [3.05, 3.63) is 35.4 Å². The minimum Gasteiger partial charge on any atom is -0.342 e. The second-order valence-corrected chi connectivity index (χ2v) is 6.23. The van der Waals surface area contributed by atoms with Gasteiger partial charge >= 0.3 is 0 Å². The summed E-state index contributed by atoms with van der Waals surface area (Å²) in [7, 11) is 0. The third-order valence-electron chi connectivity index (χ3n) is 4.15. The van der Waals surface area contributed by atoms with Gasteiger partial charge in [-0.25, -0.2) is 8.78 Å². The summed E-state index contributed by atoms with van der Waals surface area (Å²) in [6, 6.07) is 4.09. The van der Waals surface area contributed by atoms with Gasteiger partial charge in [0, 0.05) is 19.0 Å². The number of likely N-dealkylation sites (tertiary alicyclic amines) is 1. The van der Waals surface area contributed by atoms with E-state index in [1.54, 1.807) is 6.07 Å². The lowest BCUT2D eigenvalue weighted by Crippen LogP contribution is -2.42. The molecule has 1 aromatic carbocycles. The van der Waals surface area contributed by atoms with Crippen LogP contribution in [0.3, 0.4) is 0 Å². The number of carbonyl (C=O) groups excluding carboxylic acids is 1. The highest BCUT2D eigenvalue weighted by Gasteiger charge is 2.24. The Kier molecular flexibility index (Phi) is 5.32. The monoisotopic (exact) mass is 295 g/mol. The summed E-state index contributed by atoms with van der Waals surface area (Å²) in [5.41, 5.74) is 0.821. The molecule has 2 rings (SSSR count). The van der Waals surface area contributed by atoms with E-state index in [1.165, 1.54) is 12.1 Å². The Morgan fingerprint density at radius 1 is 1.33 bits per heavy atom. The Morgan fingerprint density at radius 2 is 2.10 bits per heavy atom. The second kappa shape index (κ2) is 7.01. The average Bonchev–Trinajstić information content (AvgIpc) is 2.48. The first-order valence-electron chi connectivity index (χ1n) is 7.70. The average molecular weight is 295 g/mol. The van der Waals surface area contributed by atoms with Gasteiger partial charge < -0.3 is 4.90 Å². The molecule has 1 aliphatic rings. The Hall–Kier alpha value is -1.45. The Bertz CT molecular complexity index is 502. The van der Waals surface area contributed by atoms with Crippen molar-refractivity contribution in [1.82, 2.24) is 4.90 Å². The molecule has 1 aliphatic heterocycles. The number of halogens is 2. The lowest BCUT2D eigenvalue weighted by atomic mass is 9.91. The van der Waals surface area contributed by atoms with E-state index in [4.69, 9.17) is 0 Å². The fourth-order valence-corrected chi connectivity index (χ4v) is 2.93. The maximum absolute atomic E-state index is 13.2. The summed E-state index contributed by atoms with van der Waals surface area (Å²) < 4.78 is 26.1. The highest BCUT2D eigenvalue weighted by atomic mass is 19.2. The third-order valence-corrected chi connectivity index (χ3v) is 4.15. The first-order chi connectivity index (χ1) is 9.97. The van der Waals surface area contributed by atoms with Crippen LogP contribution < -0.4 is 0 Å². The molecule has 116 valence electrons. The molecule has 1 atom stereocenters. The van der Waals surface area contributed by atoms with Crippen LogP contribution >= 0.6 is 0 Å². The number of nitrogens with zero attached hydrogens (tertiary/aromatic N) is 1. The van der Waals surface area contributed by atoms with Gasteiger partial charge in [0.15, 0.2) is 11.6 Å². The highest BCUT2D eigenvalue weighted by Crippen LogP contribution is 2.23. The van der Waals surface area contributed by atoms with Crippen molar-refractivity contribution in [2.75, 3.05) is 13.1 Å². The largest absolute Gasteiger partial charge is 0.342 e. The first-order valence-corrected chi connectivity index (χ1v) is 7.70. The van der Waals surface area contributed by atoms with Gasteiger partial charge in [0.25, 0.3) is 0 Å². The maximum atomic E-state index is 13.2. The third kappa shape index (κ3) is 4.26. The zero-order valence-corrected chi connectivity index (χ0v) is 12.7. The quantitative estimate of drug-likeness (QED) is 0.827. The van der Waals surface area contributed by atoms with Crippen molar-refractivity contribution < 1.29 is 13.6 Å². The van der Waals surface area contributed by atoms with E-state index in [0.29, 0.717) is 5.92 Å². The van der Waals surface area contributed by atoms with Crippen molar-refractivity contribution >= 4 is 5.91 Å². The van der Waals surface area contributed by atoms with Crippen LogP contribution in [0, 0.1) is 23.5 Å². The molecule has 0 spiro atoms. The summed E-state index contributed by atoms with van der Waals surface area (Å²) in [4.78, 5) is 14.0. The molecule has 1 heterocycles. The smallest absolute Gasteiger partial charge is 0.225 e. The Labute approximate surface area is 125 Å². The van der Waals surface area contributed by atoms with Gasteiger partial charge in [0.2, 0.25) is 5.91 Å². The molecule has 0 N–H and O–H groups in total. The standard InChI is InChI=1S/C17H23F2NO/c1-12(2)17(21)20-9-3-4-14(11-20)6-5-13-7-8-15(18)16(19)10-13/h7-8,10,12,14H,3-6,9,11H2,1-2H3/t14-/m1/s1. The number of hydrogen-bond donors (Lipinski definition) is 0. The summed E-state index contributed by atoms with van der Waals surface area (Å²) in [5, 5.41) is 0. The molecule has 1 aromatic rings. The molecule has 0 radical (unpaired) electrons. The van der Waals surface area contributed by atoms with Gasteiger partial charge in [0.05, 0.1) is 0 Å². The molecule has 1 amide bonds. The molecule has 0 aromatic heterocycles. The predicted molar refractivity (Wildman–Crippen MR) is 78.8 cm³/mol. The number of carbonyl (C=O) groups is 1. The number of hydrogen-bond acceptors (Lipinski definition) is 1. The van der Waals surface area contributed by atoms with Crippen molar-refractivity contribution in [3.8, 4) is 0 Å². The van der Waals surface area contributed by atoms with E-state index in [-0.39, 0.29) is 11.8 Å². The van der Waals surface area contributed by atoms with Crippen molar-refractivity contribution in [3.63, 3.8) is 0 Å². The highest BCUT2D eigenvalue weighted by molar-refractivity contribution is 5.78. The lowest BCUT2D eigenvalue weighted by molar-refractivity contribution is -0.136. The molecule has 4 heteroatoms. The molecule has 1 fully saturated rings. The first kappa shape index (κ1) is 15.9. The van der Waals surface area contributed by atoms with Crippen LogP contribution in [-0.4, -0.2) is 23.9 Å². The lowest BCUT2D eigenvalue weighted by Gasteiger charge is -2.34. The summed E-state index contributed by atoms with van der Waals surface area (Å²) in [5.74, 6) is -0.880. The van der Waals surface area contributed by atoms with Crippen LogP contribution in [-0.2, 0) is 11.2 Å².